The van der Waals surface area contributed by atoms with Crippen molar-refractivity contribution in [1.29, 1.82) is 0 Å². The van der Waals surface area contributed by atoms with Gasteiger partial charge in [0, 0.05) is 28.7 Å². The van der Waals surface area contributed by atoms with Crippen LogP contribution in [-0.2, 0) is 12.8 Å². The number of hydrogen-bond acceptors (Lipinski definition) is 2. The number of fused-ring (bicyclic) bond motifs is 1. The Labute approximate surface area is 116 Å². The van der Waals surface area contributed by atoms with Gasteiger partial charge in [-0.1, -0.05) is 11.6 Å². The predicted molar refractivity (Wildman–Crippen MR) is 73.3 cm³/mol. The van der Waals surface area contributed by atoms with Crippen molar-refractivity contribution < 1.29 is 4.79 Å². The van der Waals surface area contributed by atoms with Crippen molar-refractivity contribution in [2.75, 3.05) is 0 Å². The van der Waals surface area contributed by atoms with E-state index in [0.29, 0.717) is 10.6 Å². The Balaban J connectivity index is 1.66. The molecule has 4 nitrogen and oxygen atoms in total. The number of nitrogens with one attached hydrogen (secondary N) is 2. The van der Waals surface area contributed by atoms with E-state index >= 15 is 0 Å². The van der Waals surface area contributed by atoms with Crippen LogP contribution in [-0.4, -0.2) is 21.9 Å². The van der Waals surface area contributed by atoms with Crippen LogP contribution >= 0.6 is 11.6 Å². The summed E-state index contributed by atoms with van der Waals surface area (Å²) in [4.78, 5) is 19.5. The van der Waals surface area contributed by atoms with E-state index in [0.717, 1.165) is 30.7 Å². The molecule has 1 amide bonds. The lowest BCUT2D eigenvalue weighted by Gasteiger charge is -2.22. The summed E-state index contributed by atoms with van der Waals surface area (Å²) in [6.07, 6.45) is 4.37. The molecule has 1 aromatic heterocycles. The monoisotopic (exact) mass is 275 g/mol. The van der Waals surface area contributed by atoms with Crippen molar-refractivity contribution in [2.45, 2.75) is 25.3 Å². The molecule has 0 saturated heterocycles. The first-order valence-electron chi connectivity index (χ1n) is 6.30. The van der Waals surface area contributed by atoms with Crippen LogP contribution in [0.1, 0.15) is 28.2 Å². The summed E-state index contributed by atoms with van der Waals surface area (Å²) >= 11 is 5.81. The summed E-state index contributed by atoms with van der Waals surface area (Å²) < 4.78 is 0. The molecule has 2 N–H and O–H groups in total. The number of aryl methyl sites for hydroxylation is 1. The van der Waals surface area contributed by atoms with Crippen LogP contribution in [0.15, 0.2) is 30.6 Å². The molecule has 0 radical (unpaired) electrons. The number of carbonyl (C=O) groups is 1. The molecule has 1 unspecified atom stereocenters. The van der Waals surface area contributed by atoms with Crippen LogP contribution in [0.3, 0.4) is 0 Å². The van der Waals surface area contributed by atoms with Crippen molar-refractivity contribution in [3.05, 3.63) is 52.6 Å². The average Bonchev–Trinajstić information content (AvgIpc) is 2.87. The Bertz CT molecular complexity index is 591. The minimum atomic E-state index is -0.0513. The smallest absolute Gasteiger partial charge is 0.251 e. The van der Waals surface area contributed by atoms with Crippen LogP contribution in [0.2, 0.25) is 5.02 Å². The second-order valence-corrected chi connectivity index (χ2v) is 5.18. The normalized spacial score (nSPS) is 17.8. The number of aromatic nitrogens is 2. The highest BCUT2D eigenvalue weighted by atomic mass is 35.5. The Morgan fingerprint density at radius 2 is 2.16 bits per heavy atom. The number of benzene rings is 1. The topological polar surface area (TPSA) is 57.8 Å². The van der Waals surface area contributed by atoms with Crippen LogP contribution < -0.4 is 5.32 Å². The molecule has 3 rings (SSSR count). The van der Waals surface area contributed by atoms with E-state index in [2.05, 4.69) is 15.3 Å². The second-order valence-electron chi connectivity index (χ2n) is 4.75. The molecule has 1 atom stereocenters. The van der Waals surface area contributed by atoms with E-state index in [4.69, 9.17) is 11.6 Å². The number of rotatable bonds is 2. The van der Waals surface area contributed by atoms with Gasteiger partial charge in [0.05, 0.1) is 12.0 Å². The van der Waals surface area contributed by atoms with Gasteiger partial charge >= 0.3 is 0 Å². The summed E-state index contributed by atoms with van der Waals surface area (Å²) in [5, 5.41) is 3.69. The maximum Gasteiger partial charge on any atom is 0.251 e. The van der Waals surface area contributed by atoms with Gasteiger partial charge < -0.3 is 10.3 Å². The van der Waals surface area contributed by atoms with E-state index in [-0.39, 0.29) is 11.9 Å². The summed E-state index contributed by atoms with van der Waals surface area (Å²) in [6, 6.07) is 7.09. The number of imidazole rings is 1. The minimum Gasteiger partial charge on any atom is -0.349 e. The molecule has 0 fully saturated rings. The Kier molecular flexibility index (Phi) is 3.25. The first-order valence-corrected chi connectivity index (χ1v) is 6.68. The van der Waals surface area contributed by atoms with Crippen molar-refractivity contribution in [2.24, 2.45) is 0 Å². The number of hydrogen-bond donors (Lipinski definition) is 2. The number of nitrogens with zero attached hydrogens (tertiary/aromatic N) is 1. The molecule has 2 aromatic rings. The van der Waals surface area contributed by atoms with Crippen LogP contribution in [0, 0.1) is 0 Å². The van der Waals surface area contributed by atoms with Crippen molar-refractivity contribution >= 4 is 17.5 Å². The van der Waals surface area contributed by atoms with Gasteiger partial charge in [-0.2, -0.15) is 0 Å². The van der Waals surface area contributed by atoms with Gasteiger partial charge in [0.25, 0.3) is 5.91 Å². The lowest BCUT2D eigenvalue weighted by Crippen LogP contribution is -2.38. The lowest BCUT2D eigenvalue weighted by molar-refractivity contribution is 0.0933. The van der Waals surface area contributed by atoms with Crippen molar-refractivity contribution in [3.8, 4) is 0 Å². The molecule has 0 aliphatic heterocycles. The lowest BCUT2D eigenvalue weighted by atomic mass is 9.96. The average molecular weight is 276 g/mol. The van der Waals surface area contributed by atoms with E-state index in [1.54, 1.807) is 30.6 Å². The zero-order valence-electron chi connectivity index (χ0n) is 10.3. The fourth-order valence-electron chi connectivity index (χ4n) is 2.39. The number of carbonyl (C=O) groups excluding carboxylic acids is 1. The Morgan fingerprint density at radius 3 is 2.95 bits per heavy atom. The van der Waals surface area contributed by atoms with Gasteiger partial charge in [-0.05, 0) is 37.1 Å². The van der Waals surface area contributed by atoms with Gasteiger partial charge in [0.1, 0.15) is 0 Å². The zero-order chi connectivity index (χ0) is 13.2. The van der Waals surface area contributed by atoms with E-state index in [1.807, 2.05) is 0 Å². The van der Waals surface area contributed by atoms with E-state index < -0.39 is 0 Å². The fourth-order valence-corrected chi connectivity index (χ4v) is 2.52. The zero-order valence-corrected chi connectivity index (χ0v) is 11.1. The molecule has 1 aliphatic carbocycles. The number of H-pyrrole nitrogens is 1. The Hall–Kier alpha value is -1.81. The Morgan fingerprint density at radius 1 is 1.37 bits per heavy atom. The quantitative estimate of drug-likeness (QED) is 0.884. The number of aromatic amines is 1. The summed E-state index contributed by atoms with van der Waals surface area (Å²) in [7, 11) is 0. The minimum absolute atomic E-state index is 0.0513. The third kappa shape index (κ3) is 2.63. The molecule has 98 valence electrons. The number of amides is 1. The van der Waals surface area contributed by atoms with Gasteiger partial charge in [-0.15, -0.1) is 0 Å². The molecule has 1 heterocycles. The summed E-state index contributed by atoms with van der Waals surface area (Å²) in [6.45, 7) is 0. The van der Waals surface area contributed by atoms with Crippen LogP contribution in [0.5, 0.6) is 0 Å². The molecular weight excluding hydrogens is 262 g/mol. The third-order valence-electron chi connectivity index (χ3n) is 3.43. The fraction of sp³-hybridized carbons (Fsp3) is 0.286. The van der Waals surface area contributed by atoms with Gasteiger partial charge in [-0.3, -0.25) is 4.79 Å². The maximum absolute atomic E-state index is 12.1. The summed E-state index contributed by atoms with van der Waals surface area (Å²) in [5.41, 5.74) is 2.89. The molecule has 1 aromatic carbocycles. The predicted octanol–water partition coefficient (Wildman–Crippen LogP) is 2.35. The van der Waals surface area contributed by atoms with Crippen molar-refractivity contribution in [1.82, 2.24) is 15.3 Å². The first-order chi connectivity index (χ1) is 9.22. The first kappa shape index (κ1) is 12.2. The molecule has 19 heavy (non-hydrogen) atoms. The highest BCUT2D eigenvalue weighted by molar-refractivity contribution is 6.30. The molecule has 0 bridgehead atoms. The molecular formula is C14H14ClN3O. The third-order valence-corrected chi connectivity index (χ3v) is 3.68. The van der Waals surface area contributed by atoms with Crippen molar-refractivity contribution in [3.63, 3.8) is 0 Å². The van der Waals surface area contributed by atoms with E-state index in [1.165, 1.54) is 0 Å². The summed E-state index contributed by atoms with van der Waals surface area (Å²) in [5.74, 6) is -0.0513. The highest BCUT2D eigenvalue weighted by Gasteiger charge is 2.22. The van der Waals surface area contributed by atoms with Gasteiger partial charge in [0.2, 0.25) is 0 Å². The maximum atomic E-state index is 12.1. The van der Waals surface area contributed by atoms with Gasteiger partial charge in [0.15, 0.2) is 0 Å². The SMILES string of the molecule is O=C(NC1CCc2nc[nH]c2C1)c1ccc(Cl)cc1. The molecule has 0 spiro atoms. The molecule has 0 saturated carbocycles. The highest BCUT2D eigenvalue weighted by Crippen LogP contribution is 2.18. The number of halogens is 1. The van der Waals surface area contributed by atoms with Gasteiger partial charge in [-0.25, -0.2) is 4.98 Å². The largest absolute Gasteiger partial charge is 0.349 e. The van der Waals surface area contributed by atoms with Crippen LogP contribution in [0.25, 0.3) is 0 Å². The second kappa shape index (κ2) is 5.05. The van der Waals surface area contributed by atoms with E-state index in [9.17, 15) is 4.79 Å². The molecule has 1 aliphatic rings. The molecule has 5 heteroatoms. The van der Waals surface area contributed by atoms with Crippen LogP contribution in [0.4, 0.5) is 0 Å². The standard InChI is InChI=1S/C14H14ClN3O/c15-10-3-1-9(2-4-10)14(19)18-11-5-6-12-13(7-11)17-8-16-12/h1-4,8,11H,5-7H2,(H,16,17)(H,18,19).